The van der Waals surface area contributed by atoms with Crippen LogP contribution in [0, 0.1) is 5.92 Å². The van der Waals surface area contributed by atoms with Crippen LogP contribution in [-0.4, -0.2) is 23.9 Å². The van der Waals surface area contributed by atoms with E-state index in [1.165, 1.54) is 0 Å². The van der Waals surface area contributed by atoms with E-state index in [0.29, 0.717) is 5.92 Å². The smallest absolute Gasteiger partial charge is 0.175 e. The van der Waals surface area contributed by atoms with Crippen LogP contribution in [0.25, 0.3) is 0 Å². The van der Waals surface area contributed by atoms with Crippen LogP contribution in [0.1, 0.15) is 37.6 Å². The molecule has 0 aliphatic heterocycles. The summed E-state index contributed by atoms with van der Waals surface area (Å²) in [5, 5.41) is 0.0207. The highest BCUT2D eigenvalue weighted by atomic mass is 32.2. The molecule has 0 aromatic heterocycles. The molecule has 0 spiro atoms. The minimum atomic E-state index is 0.0207. The van der Waals surface area contributed by atoms with Crippen LogP contribution in [-0.2, 0) is 0 Å². The predicted octanol–water partition coefficient (Wildman–Crippen LogP) is 4.05. The lowest BCUT2D eigenvalue weighted by Gasteiger charge is -2.13. The lowest BCUT2D eigenvalue weighted by Crippen LogP contribution is -2.15. The summed E-state index contributed by atoms with van der Waals surface area (Å²) in [6.07, 6.45) is 1.16. The van der Waals surface area contributed by atoms with Crippen molar-refractivity contribution in [1.29, 1.82) is 0 Å². The molecule has 0 fully saturated rings. The molecular weight excluding hydrogens is 244 g/mol. The van der Waals surface area contributed by atoms with Gasteiger partial charge in [-0.3, -0.25) is 4.79 Å². The van der Waals surface area contributed by atoms with Gasteiger partial charge in [0.15, 0.2) is 5.78 Å². The Kier molecular flexibility index (Phi) is 6.27. The predicted molar refractivity (Wildman–Crippen MR) is 78.7 cm³/mol. The second-order valence-electron chi connectivity index (χ2n) is 4.58. The van der Waals surface area contributed by atoms with E-state index in [0.717, 1.165) is 23.5 Å². The molecule has 0 heterocycles. The molecule has 2 nitrogen and oxygen atoms in total. The Morgan fingerprint density at radius 1 is 1.28 bits per heavy atom. The average molecular weight is 266 g/mol. The maximum Gasteiger partial charge on any atom is 0.175 e. The number of benzene rings is 1. The Balaban J connectivity index is 2.56. The number of hydrogen-bond donors (Lipinski definition) is 0. The van der Waals surface area contributed by atoms with Crippen molar-refractivity contribution in [2.75, 3.05) is 12.9 Å². The summed E-state index contributed by atoms with van der Waals surface area (Å²) in [6, 6.07) is 7.33. The summed E-state index contributed by atoms with van der Waals surface area (Å²) >= 11 is 1.74. The molecule has 0 amide bonds. The van der Waals surface area contributed by atoms with Crippen LogP contribution >= 0.6 is 11.8 Å². The van der Waals surface area contributed by atoms with Gasteiger partial charge in [-0.05, 0) is 42.9 Å². The summed E-state index contributed by atoms with van der Waals surface area (Å²) in [4.78, 5) is 12.2. The number of hydrogen-bond acceptors (Lipinski definition) is 3. The first kappa shape index (κ1) is 15.1. The van der Waals surface area contributed by atoms with Crippen molar-refractivity contribution in [1.82, 2.24) is 0 Å². The Bertz CT molecular complexity index is 373. The minimum absolute atomic E-state index is 0.0207. The van der Waals surface area contributed by atoms with Gasteiger partial charge in [0.25, 0.3) is 0 Å². The third kappa shape index (κ3) is 4.37. The van der Waals surface area contributed by atoms with Crippen molar-refractivity contribution in [3.05, 3.63) is 29.8 Å². The summed E-state index contributed by atoms with van der Waals surface area (Å²) in [5.41, 5.74) is 0.764. The van der Waals surface area contributed by atoms with Gasteiger partial charge >= 0.3 is 0 Å². The van der Waals surface area contributed by atoms with Crippen LogP contribution < -0.4 is 4.74 Å². The van der Waals surface area contributed by atoms with E-state index in [1.807, 2.05) is 31.2 Å². The molecule has 0 aliphatic carbocycles. The highest BCUT2D eigenvalue weighted by molar-refractivity contribution is 8.00. The van der Waals surface area contributed by atoms with E-state index in [4.69, 9.17) is 4.74 Å². The van der Waals surface area contributed by atoms with Crippen molar-refractivity contribution in [3.63, 3.8) is 0 Å². The van der Waals surface area contributed by atoms with Gasteiger partial charge in [0.1, 0.15) is 5.75 Å². The molecule has 2 unspecified atom stereocenters. The third-order valence-electron chi connectivity index (χ3n) is 3.07. The Labute approximate surface area is 114 Å². The monoisotopic (exact) mass is 266 g/mol. The SMILES string of the molecule is CCC(C)CSC(C)C(=O)c1ccc(OC)cc1. The van der Waals surface area contributed by atoms with Crippen LogP contribution in [0.5, 0.6) is 5.75 Å². The van der Waals surface area contributed by atoms with Crippen LogP contribution in [0.3, 0.4) is 0 Å². The average Bonchev–Trinajstić information content (AvgIpc) is 2.43. The summed E-state index contributed by atoms with van der Waals surface area (Å²) in [5.74, 6) is 2.69. The molecule has 0 saturated carbocycles. The second-order valence-corrected chi connectivity index (χ2v) is 5.96. The molecule has 0 saturated heterocycles. The van der Waals surface area contributed by atoms with E-state index in [1.54, 1.807) is 18.9 Å². The van der Waals surface area contributed by atoms with Crippen molar-refractivity contribution in [2.24, 2.45) is 5.92 Å². The van der Waals surface area contributed by atoms with Crippen molar-refractivity contribution in [3.8, 4) is 5.75 Å². The molecule has 0 aliphatic rings. The van der Waals surface area contributed by atoms with Gasteiger partial charge in [-0.1, -0.05) is 20.3 Å². The van der Waals surface area contributed by atoms with Crippen LogP contribution in [0.4, 0.5) is 0 Å². The number of carbonyl (C=O) groups is 1. The van der Waals surface area contributed by atoms with Crippen LogP contribution in [0.2, 0.25) is 0 Å². The maximum absolute atomic E-state index is 12.2. The first-order valence-electron chi connectivity index (χ1n) is 6.38. The molecule has 0 bridgehead atoms. The molecule has 3 heteroatoms. The Morgan fingerprint density at radius 3 is 2.39 bits per heavy atom. The molecule has 0 radical (unpaired) electrons. The number of methoxy groups -OCH3 is 1. The van der Waals surface area contributed by atoms with E-state index >= 15 is 0 Å². The minimum Gasteiger partial charge on any atom is -0.497 e. The third-order valence-corrected chi connectivity index (χ3v) is 4.55. The van der Waals surface area contributed by atoms with Crippen LogP contribution in [0.15, 0.2) is 24.3 Å². The number of carbonyl (C=O) groups excluding carboxylic acids is 1. The van der Waals surface area contributed by atoms with Crippen molar-refractivity contribution in [2.45, 2.75) is 32.4 Å². The fourth-order valence-electron chi connectivity index (χ4n) is 1.49. The molecular formula is C15H22O2S. The molecule has 1 rings (SSSR count). The first-order valence-corrected chi connectivity index (χ1v) is 7.43. The number of Topliss-reactive ketones (excluding diaryl/α,β-unsaturated/α-hetero) is 1. The van der Waals surface area contributed by atoms with E-state index in [-0.39, 0.29) is 11.0 Å². The Hall–Kier alpha value is -0.960. The largest absolute Gasteiger partial charge is 0.497 e. The summed E-state index contributed by atoms with van der Waals surface area (Å²) < 4.78 is 5.09. The maximum atomic E-state index is 12.2. The van der Waals surface area contributed by atoms with Gasteiger partial charge in [0, 0.05) is 5.56 Å². The zero-order valence-electron chi connectivity index (χ0n) is 11.6. The van der Waals surface area contributed by atoms with E-state index < -0.39 is 0 Å². The first-order chi connectivity index (χ1) is 8.58. The summed E-state index contributed by atoms with van der Waals surface area (Å²) in [6.45, 7) is 6.39. The summed E-state index contributed by atoms with van der Waals surface area (Å²) in [7, 11) is 1.63. The van der Waals surface area contributed by atoms with Crippen molar-refractivity contribution >= 4 is 17.5 Å². The zero-order valence-corrected chi connectivity index (χ0v) is 12.4. The molecule has 18 heavy (non-hydrogen) atoms. The lowest BCUT2D eigenvalue weighted by molar-refractivity contribution is 0.0994. The zero-order chi connectivity index (χ0) is 13.5. The second kappa shape index (κ2) is 7.47. The fraction of sp³-hybridized carbons (Fsp3) is 0.533. The molecule has 2 atom stereocenters. The molecule has 0 N–H and O–H groups in total. The number of ketones is 1. The molecule has 1 aromatic carbocycles. The molecule has 1 aromatic rings. The number of thioether (sulfide) groups is 1. The van der Waals surface area contributed by atoms with Gasteiger partial charge in [-0.25, -0.2) is 0 Å². The highest BCUT2D eigenvalue weighted by Crippen LogP contribution is 2.21. The van der Waals surface area contributed by atoms with Crippen molar-refractivity contribution < 1.29 is 9.53 Å². The van der Waals surface area contributed by atoms with Gasteiger partial charge < -0.3 is 4.74 Å². The Morgan fingerprint density at radius 2 is 1.89 bits per heavy atom. The highest BCUT2D eigenvalue weighted by Gasteiger charge is 2.16. The van der Waals surface area contributed by atoms with E-state index in [2.05, 4.69) is 13.8 Å². The van der Waals surface area contributed by atoms with Gasteiger partial charge in [0.2, 0.25) is 0 Å². The fourth-order valence-corrected chi connectivity index (χ4v) is 2.63. The number of rotatable bonds is 7. The lowest BCUT2D eigenvalue weighted by atomic mass is 10.1. The number of ether oxygens (including phenoxy) is 1. The van der Waals surface area contributed by atoms with Gasteiger partial charge in [0.05, 0.1) is 12.4 Å². The van der Waals surface area contributed by atoms with E-state index in [9.17, 15) is 4.79 Å². The topological polar surface area (TPSA) is 26.3 Å². The molecule has 100 valence electrons. The quantitative estimate of drug-likeness (QED) is 0.697. The normalized spacial score (nSPS) is 14.0. The van der Waals surface area contributed by atoms with Gasteiger partial charge in [-0.15, -0.1) is 0 Å². The standard InChI is InChI=1S/C15H22O2S/c1-5-11(2)10-18-12(3)15(16)13-6-8-14(17-4)9-7-13/h6-9,11-12H,5,10H2,1-4H3. The van der Waals surface area contributed by atoms with Gasteiger partial charge in [-0.2, -0.15) is 11.8 Å².